The molecule has 0 saturated heterocycles. The second kappa shape index (κ2) is 13.3. The lowest BCUT2D eigenvalue weighted by molar-refractivity contribution is -0.139. The average molecular weight is 582 g/mol. The predicted molar refractivity (Wildman–Crippen MR) is 159 cm³/mol. The summed E-state index contributed by atoms with van der Waals surface area (Å²) in [6.45, 7) is 3.12. The highest BCUT2D eigenvalue weighted by molar-refractivity contribution is 7.92. The molecule has 1 atom stereocenters. The van der Waals surface area contributed by atoms with Crippen molar-refractivity contribution in [2.45, 2.75) is 69.5 Å². The summed E-state index contributed by atoms with van der Waals surface area (Å²) in [6.07, 6.45) is 5.10. The van der Waals surface area contributed by atoms with Gasteiger partial charge in [0.25, 0.3) is 10.0 Å². The fraction of sp³-hybridized carbons (Fsp3) is 0.355. The van der Waals surface area contributed by atoms with Crippen molar-refractivity contribution in [3.05, 3.63) is 95.0 Å². The van der Waals surface area contributed by atoms with Crippen LogP contribution in [0.1, 0.15) is 50.2 Å². The summed E-state index contributed by atoms with van der Waals surface area (Å²) in [5, 5.41) is 3.57. The number of hydrogen-bond donors (Lipinski definition) is 1. The summed E-state index contributed by atoms with van der Waals surface area (Å²) in [7, 11) is -4.09. The summed E-state index contributed by atoms with van der Waals surface area (Å²) < 4.78 is 28.8. The van der Waals surface area contributed by atoms with Gasteiger partial charge in [-0.25, -0.2) is 8.42 Å². The quantitative estimate of drug-likeness (QED) is 0.332. The van der Waals surface area contributed by atoms with Gasteiger partial charge in [0, 0.05) is 17.6 Å². The number of nitrogens with zero attached hydrogens (tertiary/aromatic N) is 2. The monoisotopic (exact) mass is 581 g/mol. The topological polar surface area (TPSA) is 86.8 Å². The molecule has 1 aliphatic rings. The van der Waals surface area contributed by atoms with Gasteiger partial charge in [-0.2, -0.15) is 0 Å². The first-order chi connectivity index (χ1) is 19.2. The minimum absolute atomic E-state index is 0.0603. The normalized spacial score (nSPS) is 14.8. The van der Waals surface area contributed by atoms with E-state index in [0.717, 1.165) is 42.0 Å². The number of aryl methyl sites for hydroxylation is 1. The summed E-state index contributed by atoms with van der Waals surface area (Å²) in [5.74, 6) is -0.771. The first-order valence-electron chi connectivity index (χ1n) is 13.6. The molecular formula is C31H36ClN3O4S. The Labute approximate surface area is 242 Å². The first-order valence-corrected chi connectivity index (χ1v) is 15.5. The summed E-state index contributed by atoms with van der Waals surface area (Å²) in [4.78, 5) is 28.9. The number of hydrogen-bond acceptors (Lipinski definition) is 4. The number of carbonyl (C=O) groups is 2. The maximum absolute atomic E-state index is 14.0. The number of rotatable bonds is 10. The van der Waals surface area contributed by atoms with E-state index in [1.807, 2.05) is 19.1 Å². The van der Waals surface area contributed by atoms with E-state index in [0.29, 0.717) is 16.3 Å². The Kier molecular flexibility index (Phi) is 9.87. The molecule has 1 N–H and O–H groups in total. The molecule has 4 rings (SSSR count). The van der Waals surface area contributed by atoms with Gasteiger partial charge >= 0.3 is 0 Å². The van der Waals surface area contributed by atoms with Crippen LogP contribution in [0.4, 0.5) is 5.69 Å². The molecule has 1 fully saturated rings. The number of sulfonamides is 1. The third-order valence-corrected chi connectivity index (χ3v) is 9.47. The van der Waals surface area contributed by atoms with Crippen LogP contribution in [0.3, 0.4) is 0 Å². The molecule has 212 valence electrons. The third-order valence-electron chi connectivity index (χ3n) is 7.32. The lowest BCUT2D eigenvalue weighted by Gasteiger charge is -2.33. The van der Waals surface area contributed by atoms with Gasteiger partial charge in [0.05, 0.1) is 10.6 Å². The fourth-order valence-corrected chi connectivity index (χ4v) is 6.62. The Hall–Kier alpha value is -3.36. The van der Waals surface area contributed by atoms with Crippen molar-refractivity contribution in [3.63, 3.8) is 0 Å². The van der Waals surface area contributed by atoms with Crippen molar-refractivity contribution in [2.24, 2.45) is 0 Å². The van der Waals surface area contributed by atoms with E-state index in [1.54, 1.807) is 61.5 Å². The van der Waals surface area contributed by atoms with Crippen LogP contribution in [0.15, 0.2) is 83.8 Å². The number of halogens is 1. The molecule has 3 aromatic carbocycles. The van der Waals surface area contributed by atoms with Crippen LogP contribution in [-0.4, -0.2) is 43.8 Å². The molecule has 2 amide bonds. The van der Waals surface area contributed by atoms with Crippen LogP contribution in [0.2, 0.25) is 5.02 Å². The summed E-state index contributed by atoms with van der Waals surface area (Å²) in [6, 6.07) is 21.4. The van der Waals surface area contributed by atoms with Gasteiger partial charge in [-0.1, -0.05) is 79.4 Å². The van der Waals surface area contributed by atoms with E-state index < -0.39 is 28.5 Å². The predicted octanol–water partition coefficient (Wildman–Crippen LogP) is 5.71. The van der Waals surface area contributed by atoms with Crippen molar-refractivity contribution in [2.75, 3.05) is 10.8 Å². The smallest absolute Gasteiger partial charge is 0.264 e. The Morgan fingerprint density at radius 3 is 2.30 bits per heavy atom. The molecule has 0 spiro atoms. The highest BCUT2D eigenvalue weighted by atomic mass is 35.5. The largest absolute Gasteiger partial charge is 0.352 e. The van der Waals surface area contributed by atoms with Gasteiger partial charge in [0.1, 0.15) is 12.6 Å². The van der Waals surface area contributed by atoms with Gasteiger partial charge in [-0.15, -0.1) is 0 Å². The molecule has 40 heavy (non-hydrogen) atoms. The summed E-state index contributed by atoms with van der Waals surface area (Å²) in [5.41, 5.74) is 1.89. The lowest BCUT2D eigenvalue weighted by atomic mass is 9.95. The third kappa shape index (κ3) is 7.23. The first kappa shape index (κ1) is 29.6. The van der Waals surface area contributed by atoms with E-state index in [1.165, 1.54) is 17.0 Å². The van der Waals surface area contributed by atoms with Crippen molar-refractivity contribution >= 4 is 39.1 Å². The minimum atomic E-state index is -4.09. The van der Waals surface area contributed by atoms with E-state index in [2.05, 4.69) is 5.32 Å². The van der Waals surface area contributed by atoms with Gasteiger partial charge in [-0.05, 0) is 68.1 Å². The van der Waals surface area contributed by atoms with Crippen LogP contribution >= 0.6 is 11.6 Å². The standard InChI is InChI=1S/C31H36ClN3O4S/c1-23-12-11-16-27(20-23)35(40(38,39)28-17-7-4-8-18-28)22-30(36)34(21-25-13-9-10-19-29(25)32)24(2)31(37)33-26-14-5-3-6-15-26/h4,7-13,16-20,24,26H,3,5-6,14-15,21-22H2,1-2H3,(H,33,37)/t24-/m0/s1. The van der Waals surface area contributed by atoms with E-state index in [9.17, 15) is 18.0 Å². The molecule has 1 aliphatic carbocycles. The Balaban J connectivity index is 1.67. The Bertz CT molecular complexity index is 1430. The minimum Gasteiger partial charge on any atom is -0.352 e. The number of carbonyl (C=O) groups excluding carboxylic acids is 2. The SMILES string of the molecule is Cc1cccc(N(CC(=O)N(Cc2ccccc2Cl)[C@@H](C)C(=O)NC2CCCCC2)S(=O)(=O)c2ccccc2)c1. The highest BCUT2D eigenvalue weighted by Gasteiger charge is 2.33. The molecule has 1 saturated carbocycles. The molecule has 0 aromatic heterocycles. The van der Waals surface area contributed by atoms with Crippen LogP contribution in [0.5, 0.6) is 0 Å². The second-order valence-corrected chi connectivity index (χ2v) is 12.6. The van der Waals surface area contributed by atoms with E-state index in [4.69, 9.17) is 11.6 Å². The van der Waals surface area contributed by atoms with Gasteiger partial charge in [-0.3, -0.25) is 13.9 Å². The molecule has 0 aliphatic heterocycles. The lowest BCUT2D eigenvalue weighted by Crippen LogP contribution is -2.53. The van der Waals surface area contributed by atoms with Crippen molar-refractivity contribution in [3.8, 4) is 0 Å². The zero-order valence-corrected chi connectivity index (χ0v) is 24.5. The van der Waals surface area contributed by atoms with Crippen molar-refractivity contribution < 1.29 is 18.0 Å². The molecule has 0 radical (unpaired) electrons. The maximum atomic E-state index is 14.0. The molecule has 9 heteroatoms. The van der Waals surface area contributed by atoms with Crippen LogP contribution in [0.25, 0.3) is 0 Å². The van der Waals surface area contributed by atoms with E-state index in [-0.39, 0.29) is 23.4 Å². The maximum Gasteiger partial charge on any atom is 0.264 e. The van der Waals surface area contributed by atoms with Crippen LogP contribution in [0, 0.1) is 6.92 Å². The fourth-order valence-electron chi connectivity index (χ4n) is 4.99. The van der Waals surface area contributed by atoms with Gasteiger partial charge < -0.3 is 10.2 Å². The second-order valence-electron chi connectivity index (χ2n) is 10.3. The average Bonchev–Trinajstić information content (AvgIpc) is 2.96. The van der Waals surface area contributed by atoms with Crippen molar-refractivity contribution in [1.82, 2.24) is 10.2 Å². The van der Waals surface area contributed by atoms with Crippen LogP contribution < -0.4 is 9.62 Å². The highest BCUT2D eigenvalue weighted by Crippen LogP contribution is 2.26. The molecule has 3 aromatic rings. The summed E-state index contributed by atoms with van der Waals surface area (Å²) >= 11 is 6.44. The molecule has 0 unspecified atom stereocenters. The molecular weight excluding hydrogens is 546 g/mol. The number of anilines is 1. The Morgan fingerprint density at radius 2 is 1.62 bits per heavy atom. The zero-order valence-electron chi connectivity index (χ0n) is 22.9. The number of benzene rings is 3. The Morgan fingerprint density at radius 1 is 0.950 bits per heavy atom. The van der Waals surface area contributed by atoms with Crippen molar-refractivity contribution in [1.29, 1.82) is 0 Å². The van der Waals surface area contributed by atoms with Gasteiger partial charge in [0.15, 0.2) is 0 Å². The van der Waals surface area contributed by atoms with Crippen LogP contribution in [-0.2, 0) is 26.2 Å². The van der Waals surface area contributed by atoms with Gasteiger partial charge in [0.2, 0.25) is 11.8 Å². The molecule has 0 heterocycles. The molecule has 0 bridgehead atoms. The molecule has 7 nitrogen and oxygen atoms in total. The number of nitrogens with one attached hydrogen (secondary N) is 1. The number of amides is 2. The van der Waals surface area contributed by atoms with E-state index >= 15 is 0 Å². The zero-order chi connectivity index (χ0) is 28.7.